The average Bonchev–Trinajstić information content (AvgIpc) is 3.58. The highest BCUT2D eigenvalue weighted by Gasteiger charge is 2.43. The summed E-state index contributed by atoms with van der Waals surface area (Å²) >= 11 is 16.3. The Morgan fingerprint density at radius 1 is 0.925 bits per heavy atom. The topological polar surface area (TPSA) is 52.3 Å². The molecule has 0 fully saturated rings. The van der Waals surface area contributed by atoms with E-state index in [1.165, 1.54) is 0 Å². The van der Waals surface area contributed by atoms with E-state index < -0.39 is 5.92 Å². The molecule has 0 aliphatic carbocycles. The molecule has 1 unspecified atom stereocenters. The molecule has 0 saturated carbocycles. The van der Waals surface area contributed by atoms with Crippen molar-refractivity contribution in [3.63, 3.8) is 0 Å². The fourth-order valence-corrected chi connectivity index (χ4v) is 7.78. The second-order valence-electron chi connectivity index (χ2n) is 9.23. The van der Waals surface area contributed by atoms with Gasteiger partial charge in [0.1, 0.15) is 15.9 Å². The van der Waals surface area contributed by atoms with Gasteiger partial charge in [-0.2, -0.15) is 5.26 Å². The predicted octanol–water partition coefficient (Wildman–Crippen LogP) is 9.54. The summed E-state index contributed by atoms with van der Waals surface area (Å²) in [6.07, 6.45) is 1.86. The third-order valence-electron chi connectivity index (χ3n) is 6.83. The number of aromatic nitrogens is 1. The van der Waals surface area contributed by atoms with Crippen molar-refractivity contribution in [1.82, 2.24) is 4.98 Å². The molecule has 192 valence electrons. The molecule has 0 saturated heterocycles. The van der Waals surface area contributed by atoms with E-state index in [0.717, 1.165) is 47.5 Å². The molecule has 8 heteroatoms. The molecule has 2 aliphatic heterocycles. The first-order chi connectivity index (χ1) is 19.6. The van der Waals surface area contributed by atoms with Gasteiger partial charge in [0.15, 0.2) is 0 Å². The van der Waals surface area contributed by atoms with Crippen LogP contribution in [0.5, 0.6) is 0 Å². The molecular weight excluding hydrogens is 575 g/mol. The van der Waals surface area contributed by atoms with Crippen molar-refractivity contribution in [2.75, 3.05) is 4.90 Å². The molecule has 5 aromatic rings. The van der Waals surface area contributed by atoms with Crippen molar-refractivity contribution in [3.05, 3.63) is 140 Å². The van der Waals surface area contributed by atoms with E-state index in [1.54, 1.807) is 29.2 Å². The molecule has 1 atom stereocenters. The molecule has 0 amide bonds. The summed E-state index contributed by atoms with van der Waals surface area (Å²) in [6.45, 7) is 0. The van der Waals surface area contributed by atoms with Gasteiger partial charge in [-0.15, -0.1) is 11.3 Å². The fourth-order valence-electron chi connectivity index (χ4n) is 5.06. The van der Waals surface area contributed by atoms with Gasteiger partial charge in [-0.3, -0.25) is 4.90 Å². The van der Waals surface area contributed by atoms with Gasteiger partial charge < -0.3 is 0 Å². The fraction of sp³-hybridized carbons (Fsp3) is 0.0312. The van der Waals surface area contributed by atoms with Gasteiger partial charge in [-0.1, -0.05) is 95.6 Å². The Labute approximate surface area is 249 Å². The van der Waals surface area contributed by atoms with E-state index in [0.29, 0.717) is 21.4 Å². The molecule has 2 aliphatic rings. The molecule has 0 spiro atoms. The number of thioether (sulfide) groups is 1. The molecule has 0 N–H and O–H groups in total. The Balaban J connectivity index is 1.57. The van der Waals surface area contributed by atoms with Crippen LogP contribution >= 0.6 is 46.3 Å². The lowest BCUT2D eigenvalue weighted by atomic mass is 9.83. The number of rotatable bonds is 4. The number of para-hydroxylation sites is 2. The lowest BCUT2D eigenvalue weighted by molar-refractivity contribution is 0.943. The number of nitriles is 1. The smallest absolute Gasteiger partial charge is 0.145 e. The van der Waals surface area contributed by atoms with E-state index in [9.17, 15) is 5.26 Å². The zero-order chi connectivity index (χ0) is 27.2. The molecule has 4 aromatic carbocycles. The van der Waals surface area contributed by atoms with Crippen LogP contribution in [0.2, 0.25) is 10.0 Å². The molecule has 4 nitrogen and oxygen atoms in total. The number of hydrogen-bond donors (Lipinski definition) is 0. The van der Waals surface area contributed by atoms with Crippen molar-refractivity contribution < 1.29 is 0 Å². The Morgan fingerprint density at radius 2 is 1.70 bits per heavy atom. The van der Waals surface area contributed by atoms with Crippen LogP contribution in [0.15, 0.2) is 123 Å². The Hall–Kier alpha value is -3.86. The highest BCUT2D eigenvalue weighted by molar-refractivity contribution is 8.03. The monoisotopic (exact) mass is 592 g/mol. The molecule has 3 heterocycles. The summed E-state index contributed by atoms with van der Waals surface area (Å²) < 4.78 is 1.06. The van der Waals surface area contributed by atoms with E-state index in [1.807, 2.05) is 79.0 Å². The minimum absolute atomic E-state index is 0.491. The highest BCUT2D eigenvalue weighted by Crippen LogP contribution is 2.58. The zero-order valence-corrected chi connectivity index (χ0v) is 23.9. The Bertz CT molecular complexity index is 1900. The molecule has 40 heavy (non-hydrogen) atoms. The van der Waals surface area contributed by atoms with E-state index >= 15 is 0 Å². The van der Waals surface area contributed by atoms with Crippen LogP contribution in [-0.2, 0) is 0 Å². The third kappa shape index (κ3) is 4.23. The molecule has 1 aromatic heterocycles. The van der Waals surface area contributed by atoms with E-state index in [2.05, 4.69) is 29.2 Å². The largest absolute Gasteiger partial charge is 0.286 e. The second kappa shape index (κ2) is 10.3. The number of anilines is 1. The maximum absolute atomic E-state index is 10.7. The van der Waals surface area contributed by atoms with Gasteiger partial charge in [0.05, 0.1) is 33.5 Å². The van der Waals surface area contributed by atoms with Crippen molar-refractivity contribution in [3.8, 4) is 6.07 Å². The van der Waals surface area contributed by atoms with Crippen LogP contribution in [-0.4, -0.2) is 11.2 Å². The lowest BCUT2D eigenvalue weighted by Crippen LogP contribution is -2.27. The number of benzene rings is 4. The standard InChI is InChI=1S/C32H18Cl2N4S2/c33-20-14-15-21(23(34)16-20)28-22(17-35)32-38(25-11-5-7-13-27(25)40-32)30(36-18-19-8-2-1-3-9-19)29(28)31-37-24-10-4-6-12-26(24)39-31/h1-16,18,28H/b36-18+. The summed E-state index contributed by atoms with van der Waals surface area (Å²) in [4.78, 5) is 13.3. The summed E-state index contributed by atoms with van der Waals surface area (Å²) in [5, 5.41) is 13.3. The van der Waals surface area contributed by atoms with Crippen LogP contribution < -0.4 is 4.90 Å². The minimum atomic E-state index is -0.494. The Kier molecular flexibility index (Phi) is 6.45. The number of hydrogen-bond acceptors (Lipinski definition) is 6. The number of allylic oxidation sites excluding steroid dienone is 2. The third-order valence-corrected chi connectivity index (χ3v) is 9.62. The lowest BCUT2D eigenvalue weighted by Gasteiger charge is -2.33. The first-order valence-electron chi connectivity index (χ1n) is 12.5. The minimum Gasteiger partial charge on any atom is -0.286 e. The quantitative estimate of drug-likeness (QED) is 0.195. The van der Waals surface area contributed by atoms with Crippen molar-refractivity contribution in [2.45, 2.75) is 10.8 Å². The van der Waals surface area contributed by atoms with Crippen LogP contribution in [0.4, 0.5) is 5.69 Å². The maximum Gasteiger partial charge on any atom is 0.145 e. The highest BCUT2D eigenvalue weighted by atomic mass is 35.5. The number of nitrogens with zero attached hydrogens (tertiary/aromatic N) is 4. The van der Waals surface area contributed by atoms with E-state index in [-0.39, 0.29) is 0 Å². The van der Waals surface area contributed by atoms with Crippen molar-refractivity contribution >= 4 is 74.0 Å². The van der Waals surface area contributed by atoms with Gasteiger partial charge in [-0.05, 0) is 47.5 Å². The van der Waals surface area contributed by atoms with Crippen LogP contribution in [0.3, 0.4) is 0 Å². The number of halogens is 2. The normalized spacial score (nSPS) is 16.5. The summed E-state index contributed by atoms with van der Waals surface area (Å²) in [6, 6.07) is 34.2. The summed E-state index contributed by atoms with van der Waals surface area (Å²) in [5.74, 6) is 0.219. The molecule has 0 radical (unpaired) electrons. The Morgan fingerprint density at radius 3 is 2.50 bits per heavy atom. The first kappa shape index (κ1) is 25.1. The van der Waals surface area contributed by atoms with Crippen LogP contribution in [0.1, 0.15) is 22.1 Å². The molecule has 7 rings (SSSR count). The van der Waals surface area contributed by atoms with Gasteiger partial charge >= 0.3 is 0 Å². The molecule has 0 bridgehead atoms. The second-order valence-corrected chi connectivity index (χ2v) is 12.1. The van der Waals surface area contributed by atoms with Crippen molar-refractivity contribution in [1.29, 1.82) is 5.26 Å². The summed E-state index contributed by atoms with van der Waals surface area (Å²) in [7, 11) is 0. The van der Waals surface area contributed by atoms with Gasteiger partial charge in [0.2, 0.25) is 0 Å². The zero-order valence-electron chi connectivity index (χ0n) is 20.8. The number of fused-ring (bicyclic) bond motifs is 4. The van der Waals surface area contributed by atoms with Crippen molar-refractivity contribution in [2.24, 2.45) is 4.99 Å². The number of thiazole rings is 1. The molecular formula is C32H18Cl2N4S2. The maximum atomic E-state index is 10.7. The van der Waals surface area contributed by atoms with Gasteiger partial charge in [0, 0.05) is 26.7 Å². The van der Waals surface area contributed by atoms with Gasteiger partial charge in [-0.25, -0.2) is 9.98 Å². The number of aliphatic imine (C=N–C) groups is 1. The average molecular weight is 594 g/mol. The first-order valence-corrected chi connectivity index (χ1v) is 14.9. The summed E-state index contributed by atoms with van der Waals surface area (Å²) in [5.41, 5.74) is 5.06. The van der Waals surface area contributed by atoms with Crippen LogP contribution in [0.25, 0.3) is 15.8 Å². The van der Waals surface area contributed by atoms with E-state index in [4.69, 9.17) is 33.2 Å². The SMILES string of the molecule is N#CC1=C2Sc3ccccc3N2C(/N=C/c2ccccc2)=C(c2nc3ccccc3s2)C1c1ccc(Cl)cc1Cl. The predicted molar refractivity (Wildman–Crippen MR) is 167 cm³/mol. The van der Waals surface area contributed by atoms with Gasteiger partial charge in [0.25, 0.3) is 0 Å². The van der Waals surface area contributed by atoms with Crippen LogP contribution in [0, 0.1) is 11.3 Å².